The van der Waals surface area contributed by atoms with Crippen LogP contribution in [0.4, 0.5) is 5.69 Å². The molecule has 22 heavy (non-hydrogen) atoms. The molecule has 0 aliphatic rings. The number of hydrogen-bond donors (Lipinski definition) is 1. The number of nitrogens with one attached hydrogen (secondary N) is 1. The van der Waals surface area contributed by atoms with E-state index in [1.165, 1.54) is 0 Å². The summed E-state index contributed by atoms with van der Waals surface area (Å²) in [6.45, 7) is -0.111. The van der Waals surface area contributed by atoms with Crippen molar-refractivity contribution < 1.29 is 13.2 Å². The zero-order valence-corrected chi connectivity index (χ0v) is 13.0. The minimum Gasteiger partial charge on any atom is -0.325 e. The Labute approximate surface area is 129 Å². The van der Waals surface area contributed by atoms with Crippen molar-refractivity contribution in [1.82, 2.24) is 9.29 Å². The number of hydrogen-bond acceptors (Lipinski definition) is 4. The van der Waals surface area contributed by atoms with Gasteiger partial charge in [0.2, 0.25) is 15.9 Å². The lowest BCUT2D eigenvalue weighted by molar-refractivity contribution is -0.116. The van der Waals surface area contributed by atoms with Gasteiger partial charge in [-0.15, -0.1) is 0 Å². The van der Waals surface area contributed by atoms with Crippen molar-refractivity contribution in [2.24, 2.45) is 0 Å². The molecule has 0 aliphatic heterocycles. The molecule has 1 N–H and O–H groups in total. The SMILES string of the molecule is CS(=O)(=O)N(CC(=O)Nc1ccccc1)Cc1ccncc1. The van der Waals surface area contributed by atoms with Gasteiger partial charge in [0.05, 0.1) is 12.8 Å². The van der Waals surface area contributed by atoms with Crippen LogP contribution in [0, 0.1) is 0 Å². The van der Waals surface area contributed by atoms with Gasteiger partial charge in [0.1, 0.15) is 0 Å². The standard InChI is InChI=1S/C15H17N3O3S/c1-22(20,21)18(11-13-7-9-16-10-8-13)12-15(19)17-14-5-3-2-4-6-14/h2-10H,11-12H2,1H3,(H,17,19). The molecule has 0 atom stereocenters. The molecule has 0 fully saturated rings. The molecule has 2 aromatic rings. The Morgan fingerprint density at radius 1 is 1.14 bits per heavy atom. The average Bonchev–Trinajstić information content (AvgIpc) is 2.48. The summed E-state index contributed by atoms with van der Waals surface area (Å²) < 4.78 is 24.8. The zero-order valence-electron chi connectivity index (χ0n) is 12.1. The van der Waals surface area contributed by atoms with Gasteiger partial charge in [0.15, 0.2) is 0 Å². The van der Waals surface area contributed by atoms with Crippen LogP contribution in [0.1, 0.15) is 5.56 Å². The van der Waals surface area contributed by atoms with Gasteiger partial charge in [0.25, 0.3) is 0 Å². The number of carbonyl (C=O) groups is 1. The molecule has 1 amide bonds. The number of anilines is 1. The van der Waals surface area contributed by atoms with Crippen LogP contribution in [0.5, 0.6) is 0 Å². The summed E-state index contributed by atoms with van der Waals surface area (Å²) in [4.78, 5) is 15.9. The maximum absolute atomic E-state index is 12.0. The number of sulfonamides is 1. The van der Waals surface area contributed by atoms with Crippen LogP contribution in [0.15, 0.2) is 54.9 Å². The van der Waals surface area contributed by atoms with E-state index in [9.17, 15) is 13.2 Å². The van der Waals surface area contributed by atoms with Gasteiger partial charge >= 0.3 is 0 Å². The first-order chi connectivity index (χ1) is 10.4. The van der Waals surface area contributed by atoms with Crippen molar-refractivity contribution >= 4 is 21.6 Å². The van der Waals surface area contributed by atoms with Crippen molar-refractivity contribution in [2.45, 2.75) is 6.54 Å². The van der Waals surface area contributed by atoms with Crippen molar-refractivity contribution in [2.75, 3.05) is 18.1 Å². The van der Waals surface area contributed by atoms with E-state index in [4.69, 9.17) is 0 Å². The zero-order chi connectivity index (χ0) is 16.0. The Kier molecular flexibility index (Phi) is 5.24. The number of para-hydroxylation sites is 1. The third-order valence-electron chi connectivity index (χ3n) is 2.95. The highest BCUT2D eigenvalue weighted by molar-refractivity contribution is 7.88. The van der Waals surface area contributed by atoms with Gasteiger partial charge in [-0.1, -0.05) is 18.2 Å². The van der Waals surface area contributed by atoms with Gasteiger partial charge in [-0.2, -0.15) is 4.31 Å². The van der Waals surface area contributed by atoms with E-state index >= 15 is 0 Å². The predicted molar refractivity (Wildman–Crippen MR) is 84.6 cm³/mol. The van der Waals surface area contributed by atoms with Crippen LogP contribution < -0.4 is 5.32 Å². The highest BCUT2D eigenvalue weighted by Crippen LogP contribution is 2.09. The quantitative estimate of drug-likeness (QED) is 0.874. The summed E-state index contributed by atoms with van der Waals surface area (Å²) >= 11 is 0. The van der Waals surface area contributed by atoms with Crippen LogP contribution >= 0.6 is 0 Å². The largest absolute Gasteiger partial charge is 0.325 e. The van der Waals surface area contributed by atoms with Gasteiger partial charge in [0, 0.05) is 24.6 Å². The summed E-state index contributed by atoms with van der Waals surface area (Å²) in [5, 5.41) is 2.67. The maximum atomic E-state index is 12.0. The molecule has 1 aromatic carbocycles. The molecule has 0 saturated carbocycles. The fraction of sp³-hybridized carbons (Fsp3) is 0.200. The summed E-state index contributed by atoms with van der Waals surface area (Å²) in [6, 6.07) is 12.3. The van der Waals surface area contributed by atoms with Gasteiger partial charge in [-0.3, -0.25) is 9.78 Å². The first-order valence-electron chi connectivity index (χ1n) is 6.64. The number of pyridine rings is 1. The van der Waals surface area contributed by atoms with Crippen molar-refractivity contribution in [3.63, 3.8) is 0 Å². The van der Waals surface area contributed by atoms with E-state index in [0.29, 0.717) is 5.69 Å². The van der Waals surface area contributed by atoms with E-state index in [1.807, 2.05) is 6.07 Å². The number of rotatable bonds is 6. The second-order valence-corrected chi connectivity index (χ2v) is 6.78. The van der Waals surface area contributed by atoms with Crippen LogP contribution in [-0.2, 0) is 21.4 Å². The van der Waals surface area contributed by atoms with Gasteiger partial charge in [-0.25, -0.2) is 8.42 Å². The lowest BCUT2D eigenvalue weighted by Gasteiger charge is -2.19. The highest BCUT2D eigenvalue weighted by Gasteiger charge is 2.20. The maximum Gasteiger partial charge on any atom is 0.239 e. The first kappa shape index (κ1) is 16.1. The van der Waals surface area contributed by atoms with E-state index in [1.54, 1.807) is 48.8 Å². The molecular formula is C15H17N3O3S. The Morgan fingerprint density at radius 2 is 1.77 bits per heavy atom. The average molecular weight is 319 g/mol. The molecule has 7 heteroatoms. The fourth-order valence-electron chi connectivity index (χ4n) is 1.86. The van der Waals surface area contributed by atoms with E-state index in [2.05, 4.69) is 10.3 Å². The number of benzene rings is 1. The lowest BCUT2D eigenvalue weighted by atomic mass is 10.3. The number of aromatic nitrogens is 1. The molecule has 2 rings (SSSR count). The molecule has 1 heterocycles. The molecule has 0 aliphatic carbocycles. The van der Waals surface area contributed by atoms with Gasteiger partial charge in [-0.05, 0) is 29.8 Å². The third kappa shape index (κ3) is 4.94. The molecule has 0 spiro atoms. The Bertz CT molecular complexity index is 718. The summed E-state index contributed by atoms with van der Waals surface area (Å²) in [5.41, 5.74) is 1.40. The number of nitrogens with zero attached hydrogens (tertiary/aromatic N) is 2. The lowest BCUT2D eigenvalue weighted by Crippen LogP contribution is -2.36. The second kappa shape index (κ2) is 7.15. The Hall–Kier alpha value is -2.25. The van der Waals surface area contributed by atoms with E-state index < -0.39 is 10.0 Å². The molecule has 116 valence electrons. The minimum absolute atomic E-state index is 0.129. The fourth-order valence-corrected chi connectivity index (χ4v) is 2.60. The van der Waals surface area contributed by atoms with E-state index in [-0.39, 0.29) is 19.0 Å². The molecule has 6 nitrogen and oxygen atoms in total. The second-order valence-electron chi connectivity index (χ2n) is 4.80. The Balaban J connectivity index is 2.06. The van der Waals surface area contributed by atoms with E-state index in [0.717, 1.165) is 16.1 Å². The number of carbonyl (C=O) groups excluding carboxylic acids is 1. The minimum atomic E-state index is -3.50. The molecule has 0 unspecified atom stereocenters. The van der Waals surface area contributed by atoms with Crippen molar-refractivity contribution in [1.29, 1.82) is 0 Å². The molecule has 0 saturated heterocycles. The highest BCUT2D eigenvalue weighted by atomic mass is 32.2. The smallest absolute Gasteiger partial charge is 0.239 e. The van der Waals surface area contributed by atoms with Crippen LogP contribution in [0.2, 0.25) is 0 Å². The van der Waals surface area contributed by atoms with Crippen LogP contribution in [0.3, 0.4) is 0 Å². The topological polar surface area (TPSA) is 79.4 Å². The summed E-state index contributed by atoms with van der Waals surface area (Å²) in [7, 11) is -3.50. The summed E-state index contributed by atoms with van der Waals surface area (Å²) in [5.74, 6) is -0.384. The summed E-state index contributed by atoms with van der Waals surface area (Å²) in [6.07, 6.45) is 4.25. The monoisotopic (exact) mass is 319 g/mol. The molecular weight excluding hydrogens is 302 g/mol. The van der Waals surface area contributed by atoms with Gasteiger partial charge < -0.3 is 5.32 Å². The third-order valence-corrected chi connectivity index (χ3v) is 4.15. The Morgan fingerprint density at radius 3 is 2.36 bits per heavy atom. The molecule has 0 radical (unpaired) electrons. The van der Waals surface area contributed by atoms with Crippen LogP contribution in [0.25, 0.3) is 0 Å². The van der Waals surface area contributed by atoms with Crippen LogP contribution in [-0.4, -0.2) is 36.4 Å². The molecule has 0 bridgehead atoms. The van der Waals surface area contributed by atoms with Crippen molar-refractivity contribution in [3.05, 3.63) is 60.4 Å². The molecule has 1 aromatic heterocycles. The predicted octanol–water partition coefficient (Wildman–Crippen LogP) is 1.48. The van der Waals surface area contributed by atoms with Crippen molar-refractivity contribution in [3.8, 4) is 0 Å². The number of amides is 1. The first-order valence-corrected chi connectivity index (χ1v) is 8.49. The normalized spacial score (nSPS) is 11.4.